The highest BCUT2D eigenvalue weighted by molar-refractivity contribution is 5.79. The van der Waals surface area contributed by atoms with Crippen LogP contribution in [0.4, 0.5) is 0 Å². The Kier molecular flexibility index (Phi) is 5.01. The minimum Gasteiger partial charge on any atom is -0.481 e. The highest BCUT2D eigenvalue weighted by atomic mass is 16.6. The van der Waals surface area contributed by atoms with E-state index in [0.29, 0.717) is 0 Å². The van der Waals surface area contributed by atoms with Gasteiger partial charge in [-0.3, -0.25) is 14.4 Å². The molecule has 1 aromatic rings. The van der Waals surface area contributed by atoms with E-state index in [-0.39, 0.29) is 19.4 Å². The van der Waals surface area contributed by atoms with Crippen LogP contribution in [0, 0.1) is 0 Å². The van der Waals surface area contributed by atoms with E-state index in [9.17, 15) is 9.59 Å². The van der Waals surface area contributed by atoms with E-state index in [1.165, 1.54) is 0 Å². The second-order valence-electron chi connectivity index (χ2n) is 3.19. The van der Waals surface area contributed by atoms with E-state index in [1.54, 1.807) is 0 Å². The van der Waals surface area contributed by atoms with Crippen molar-refractivity contribution in [3.05, 3.63) is 35.9 Å². The van der Waals surface area contributed by atoms with Gasteiger partial charge in [0, 0.05) is 6.42 Å². The summed E-state index contributed by atoms with van der Waals surface area (Å²) in [5, 5.41) is 8.34. The van der Waals surface area contributed by atoms with Crippen LogP contribution in [0.3, 0.4) is 0 Å². The predicted molar refractivity (Wildman–Crippen MR) is 56.2 cm³/mol. The maximum atomic E-state index is 11.0. The second kappa shape index (κ2) is 6.58. The summed E-state index contributed by atoms with van der Waals surface area (Å²) < 4.78 is 0. The number of carboxylic acids is 1. The predicted octanol–water partition coefficient (Wildman–Crippen LogP) is 1.10. The van der Waals surface area contributed by atoms with E-state index in [4.69, 9.17) is 9.94 Å². The van der Waals surface area contributed by atoms with Crippen LogP contribution in [0.5, 0.6) is 0 Å². The molecule has 0 atom stereocenters. The summed E-state index contributed by atoms with van der Waals surface area (Å²) in [6, 6.07) is 9.34. The molecular weight excluding hydrogens is 210 g/mol. The first-order valence-electron chi connectivity index (χ1n) is 4.85. The highest BCUT2D eigenvalue weighted by Gasteiger charge is 2.04. The average molecular weight is 223 g/mol. The first-order valence-corrected chi connectivity index (χ1v) is 4.85. The molecule has 0 fully saturated rings. The zero-order chi connectivity index (χ0) is 11.8. The number of carboxylic acid groups (broad SMARTS) is 1. The fraction of sp³-hybridized carbons (Fsp3) is 0.273. The lowest BCUT2D eigenvalue weighted by molar-refractivity contribution is -0.142. The Morgan fingerprint density at radius 2 is 1.88 bits per heavy atom. The van der Waals surface area contributed by atoms with Gasteiger partial charge < -0.3 is 5.11 Å². The SMILES string of the molecule is O=C(O)CCC(=O)NOCc1ccccc1. The van der Waals surface area contributed by atoms with Gasteiger partial charge in [-0.05, 0) is 5.56 Å². The molecule has 1 aromatic carbocycles. The minimum absolute atomic E-state index is 0.0792. The largest absolute Gasteiger partial charge is 0.481 e. The molecule has 0 radical (unpaired) electrons. The Morgan fingerprint density at radius 3 is 2.50 bits per heavy atom. The molecule has 0 aliphatic carbocycles. The van der Waals surface area contributed by atoms with Gasteiger partial charge in [0.05, 0.1) is 13.0 Å². The van der Waals surface area contributed by atoms with Crippen LogP contribution in [0.15, 0.2) is 30.3 Å². The Bertz CT molecular complexity index is 350. The number of benzene rings is 1. The van der Waals surface area contributed by atoms with Crippen LogP contribution in [0.1, 0.15) is 18.4 Å². The molecule has 0 spiro atoms. The zero-order valence-electron chi connectivity index (χ0n) is 8.68. The van der Waals surface area contributed by atoms with Crippen molar-refractivity contribution in [2.75, 3.05) is 0 Å². The van der Waals surface area contributed by atoms with Crippen molar-refractivity contribution < 1.29 is 19.5 Å². The van der Waals surface area contributed by atoms with Gasteiger partial charge in [0.1, 0.15) is 0 Å². The van der Waals surface area contributed by atoms with Gasteiger partial charge in [-0.25, -0.2) is 5.48 Å². The number of hydrogen-bond acceptors (Lipinski definition) is 3. The van der Waals surface area contributed by atoms with Gasteiger partial charge in [-0.2, -0.15) is 0 Å². The number of carbonyl (C=O) groups excluding carboxylic acids is 1. The molecule has 0 aromatic heterocycles. The molecular formula is C11H13NO4. The van der Waals surface area contributed by atoms with Crippen molar-refractivity contribution in [2.24, 2.45) is 0 Å². The molecule has 0 aliphatic heterocycles. The van der Waals surface area contributed by atoms with Crippen molar-refractivity contribution in [1.82, 2.24) is 5.48 Å². The fourth-order valence-corrected chi connectivity index (χ4v) is 1.05. The third-order valence-electron chi connectivity index (χ3n) is 1.83. The smallest absolute Gasteiger partial charge is 0.303 e. The Morgan fingerprint density at radius 1 is 1.19 bits per heavy atom. The number of rotatable bonds is 6. The van der Waals surface area contributed by atoms with Crippen molar-refractivity contribution in [1.29, 1.82) is 0 Å². The summed E-state index contributed by atoms with van der Waals surface area (Å²) in [6.07, 6.45) is -0.273. The lowest BCUT2D eigenvalue weighted by Gasteiger charge is -2.04. The molecule has 0 unspecified atom stereocenters. The quantitative estimate of drug-likeness (QED) is 0.708. The van der Waals surface area contributed by atoms with Gasteiger partial charge in [0.2, 0.25) is 5.91 Å². The van der Waals surface area contributed by atoms with E-state index >= 15 is 0 Å². The highest BCUT2D eigenvalue weighted by Crippen LogP contribution is 1.99. The van der Waals surface area contributed by atoms with Crippen LogP contribution >= 0.6 is 0 Å². The molecule has 2 N–H and O–H groups in total. The van der Waals surface area contributed by atoms with Gasteiger partial charge in [-0.1, -0.05) is 30.3 Å². The summed E-state index contributed by atoms with van der Waals surface area (Å²) in [4.78, 5) is 26.1. The van der Waals surface area contributed by atoms with Crippen LogP contribution in [-0.4, -0.2) is 17.0 Å². The molecule has 1 amide bonds. The third-order valence-corrected chi connectivity index (χ3v) is 1.83. The molecule has 16 heavy (non-hydrogen) atoms. The molecule has 5 heteroatoms. The first kappa shape index (κ1) is 12.2. The molecule has 5 nitrogen and oxygen atoms in total. The van der Waals surface area contributed by atoms with Crippen molar-refractivity contribution >= 4 is 11.9 Å². The lowest BCUT2D eigenvalue weighted by atomic mass is 10.2. The van der Waals surface area contributed by atoms with Gasteiger partial charge in [0.15, 0.2) is 0 Å². The number of hydroxylamine groups is 1. The number of nitrogens with one attached hydrogen (secondary N) is 1. The molecule has 0 saturated carbocycles. The maximum absolute atomic E-state index is 11.0. The Hall–Kier alpha value is -1.88. The topological polar surface area (TPSA) is 75.6 Å². The Balaban J connectivity index is 2.16. The summed E-state index contributed by atoms with van der Waals surface area (Å²) in [5.74, 6) is -1.43. The fourth-order valence-electron chi connectivity index (χ4n) is 1.05. The van der Waals surface area contributed by atoms with E-state index in [2.05, 4.69) is 5.48 Å². The van der Waals surface area contributed by atoms with Gasteiger partial charge in [-0.15, -0.1) is 0 Å². The van der Waals surface area contributed by atoms with E-state index in [0.717, 1.165) is 5.56 Å². The number of carbonyl (C=O) groups is 2. The standard InChI is InChI=1S/C11H13NO4/c13-10(6-7-11(14)15)12-16-8-9-4-2-1-3-5-9/h1-5H,6-8H2,(H,12,13)(H,14,15). The number of amides is 1. The van der Waals surface area contributed by atoms with Crippen molar-refractivity contribution in [3.8, 4) is 0 Å². The van der Waals surface area contributed by atoms with Gasteiger partial charge in [0.25, 0.3) is 0 Å². The second-order valence-corrected chi connectivity index (χ2v) is 3.19. The average Bonchev–Trinajstić information content (AvgIpc) is 2.28. The molecule has 0 bridgehead atoms. The maximum Gasteiger partial charge on any atom is 0.303 e. The molecule has 1 rings (SSSR count). The van der Waals surface area contributed by atoms with E-state index in [1.807, 2.05) is 30.3 Å². The van der Waals surface area contributed by atoms with Crippen LogP contribution in [-0.2, 0) is 21.0 Å². The molecule has 0 heterocycles. The molecule has 86 valence electrons. The number of aliphatic carboxylic acids is 1. The molecule has 0 saturated heterocycles. The number of hydrogen-bond donors (Lipinski definition) is 2. The lowest BCUT2D eigenvalue weighted by Crippen LogP contribution is -2.23. The Labute approximate surface area is 93.0 Å². The minimum atomic E-state index is -1.00. The van der Waals surface area contributed by atoms with Crippen molar-refractivity contribution in [2.45, 2.75) is 19.4 Å². The summed E-state index contributed by atoms with van der Waals surface area (Å²) in [7, 11) is 0. The third kappa shape index (κ3) is 5.11. The van der Waals surface area contributed by atoms with Crippen LogP contribution in [0.25, 0.3) is 0 Å². The molecule has 0 aliphatic rings. The zero-order valence-corrected chi connectivity index (χ0v) is 8.68. The monoisotopic (exact) mass is 223 g/mol. The summed E-state index contributed by atoms with van der Waals surface area (Å²) >= 11 is 0. The summed E-state index contributed by atoms with van der Waals surface area (Å²) in [6.45, 7) is 0.264. The van der Waals surface area contributed by atoms with Crippen LogP contribution < -0.4 is 5.48 Å². The normalized spacial score (nSPS) is 9.75. The van der Waals surface area contributed by atoms with Gasteiger partial charge >= 0.3 is 5.97 Å². The van der Waals surface area contributed by atoms with E-state index < -0.39 is 11.9 Å². The summed E-state index contributed by atoms with van der Waals surface area (Å²) in [5.41, 5.74) is 3.12. The van der Waals surface area contributed by atoms with Crippen LogP contribution in [0.2, 0.25) is 0 Å². The van der Waals surface area contributed by atoms with Crippen molar-refractivity contribution in [3.63, 3.8) is 0 Å². The first-order chi connectivity index (χ1) is 7.68.